The van der Waals surface area contributed by atoms with Crippen LogP contribution in [0.15, 0.2) is 35.5 Å². The molecule has 206 valence electrons. The van der Waals surface area contributed by atoms with Crippen molar-refractivity contribution in [1.82, 2.24) is 0 Å². The Balaban J connectivity index is 1.68. The second kappa shape index (κ2) is 12.2. The average molecular weight is 507 g/mol. The van der Waals surface area contributed by atoms with Crippen molar-refractivity contribution in [3.8, 4) is 0 Å². The van der Waals surface area contributed by atoms with Crippen LogP contribution in [0.1, 0.15) is 85.5 Å². The second-order valence-corrected chi connectivity index (χ2v) is 12.4. The Labute approximate surface area is 217 Å². The average Bonchev–Trinajstić information content (AvgIpc) is 3.17. The number of allylic oxidation sites excluding steroid dienone is 3. The highest BCUT2D eigenvalue weighted by atomic mass is 16.5. The lowest BCUT2D eigenvalue weighted by Gasteiger charge is -2.44. The van der Waals surface area contributed by atoms with Crippen molar-refractivity contribution in [2.75, 3.05) is 13.2 Å². The van der Waals surface area contributed by atoms with E-state index in [1.54, 1.807) is 13.8 Å². The number of fused-ring (bicyclic) bond motifs is 1. The molecular weight excluding hydrogens is 456 g/mol. The van der Waals surface area contributed by atoms with E-state index in [0.717, 1.165) is 24.8 Å². The summed E-state index contributed by atoms with van der Waals surface area (Å²) in [6.07, 6.45) is 9.31. The van der Waals surface area contributed by atoms with Crippen molar-refractivity contribution in [2.24, 2.45) is 23.2 Å². The molecule has 3 saturated carbocycles. The van der Waals surface area contributed by atoms with Crippen LogP contribution in [0.5, 0.6) is 0 Å². The molecule has 8 atom stereocenters. The lowest BCUT2D eigenvalue weighted by Crippen LogP contribution is -2.45. The van der Waals surface area contributed by atoms with Gasteiger partial charge in [0.05, 0.1) is 17.8 Å². The molecule has 3 rings (SSSR count). The first-order valence-corrected chi connectivity index (χ1v) is 14.0. The standard InChI is InChI=1S/C30H50O6/c1-19(9-14-26(33)29(3,4)35)23-12-13-24-21(8-6-15-30(23,24)5)10-11-22-18-25(32)28(27(34)20(22)2)36-17-7-16-31/h10-11,19,23-28,31-35H,2,6-9,12-18H2,1,3-5H3/b21-10+,22-11-/t19-,23-,24+,25-,26-,27-,28-,30-/m1/s1. The van der Waals surface area contributed by atoms with E-state index in [0.29, 0.717) is 49.2 Å². The summed E-state index contributed by atoms with van der Waals surface area (Å²) in [6, 6.07) is 0. The molecule has 0 aromatic rings. The number of hydrogen-bond donors (Lipinski definition) is 5. The van der Waals surface area contributed by atoms with Gasteiger partial charge in [0.25, 0.3) is 0 Å². The van der Waals surface area contributed by atoms with Gasteiger partial charge in [0.15, 0.2) is 0 Å². The number of ether oxygens (including phenoxy) is 1. The SMILES string of the molecule is C=C1/C(=C\C=C2/CCC[C@]3(C)[C@@H]([C@H](C)CC[C@@H](O)C(C)(C)O)CC[C@@H]23)C[C@@H](O)[C@@H](OCCCO)[C@@H]1O. The van der Waals surface area contributed by atoms with E-state index in [-0.39, 0.29) is 12.0 Å². The van der Waals surface area contributed by atoms with Crippen molar-refractivity contribution in [1.29, 1.82) is 0 Å². The van der Waals surface area contributed by atoms with E-state index < -0.39 is 30.0 Å². The third-order valence-electron chi connectivity index (χ3n) is 9.44. The van der Waals surface area contributed by atoms with Gasteiger partial charge >= 0.3 is 0 Å². The van der Waals surface area contributed by atoms with Crippen molar-refractivity contribution in [3.63, 3.8) is 0 Å². The first kappa shape index (κ1) is 29.5. The molecule has 36 heavy (non-hydrogen) atoms. The Morgan fingerprint density at radius 1 is 1.19 bits per heavy atom. The van der Waals surface area contributed by atoms with E-state index in [1.807, 2.05) is 0 Å². The van der Waals surface area contributed by atoms with Crippen LogP contribution in [0, 0.1) is 23.2 Å². The van der Waals surface area contributed by atoms with Crippen LogP contribution >= 0.6 is 0 Å². The fraction of sp³-hybridized carbons (Fsp3) is 0.800. The summed E-state index contributed by atoms with van der Waals surface area (Å²) in [7, 11) is 0. The maximum absolute atomic E-state index is 10.7. The van der Waals surface area contributed by atoms with Gasteiger partial charge in [0.2, 0.25) is 0 Å². The molecular formula is C30H50O6. The molecule has 0 saturated heterocycles. The summed E-state index contributed by atoms with van der Waals surface area (Å²) in [5.74, 6) is 1.61. The molecule has 5 N–H and O–H groups in total. The summed E-state index contributed by atoms with van der Waals surface area (Å²) in [5.41, 5.74) is 2.11. The van der Waals surface area contributed by atoms with E-state index in [2.05, 4.69) is 32.6 Å². The van der Waals surface area contributed by atoms with Gasteiger partial charge in [-0.1, -0.05) is 38.2 Å². The smallest absolute Gasteiger partial charge is 0.114 e. The van der Waals surface area contributed by atoms with Gasteiger partial charge in [-0.2, -0.15) is 0 Å². The molecule has 6 heteroatoms. The molecule has 3 aliphatic carbocycles. The van der Waals surface area contributed by atoms with Crippen molar-refractivity contribution in [3.05, 3.63) is 35.5 Å². The molecule has 0 amide bonds. The molecule has 0 spiro atoms. The van der Waals surface area contributed by atoms with Gasteiger partial charge < -0.3 is 30.3 Å². The minimum atomic E-state index is -1.06. The van der Waals surface area contributed by atoms with Gasteiger partial charge in [-0.05, 0) is 99.5 Å². The highest BCUT2D eigenvalue weighted by molar-refractivity contribution is 5.40. The largest absolute Gasteiger partial charge is 0.396 e. The van der Waals surface area contributed by atoms with Crippen LogP contribution in [0.4, 0.5) is 0 Å². The minimum Gasteiger partial charge on any atom is -0.396 e. The number of aliphatic hydroxyl groups is 5. The van der Waals surface area contributed by atoms with Gasteiger partial charge in [-0.15, -0.1) is 0 Å². The Bertz CT molecular complexity index is 811. The molecule has 0 radical (unpaired) electrons. The maximum Gasteiger partial charge on any atom is 0.114 e. The topological polar surface area (TPSA) is 110 Å². The Morgan fingerprint density at radius 2 is 1.92 bits per heavy atom. The number of hydrogen-bond acceptors (Lipinski definition) is 6. The quantitative estimate of drug-likeness (QED) is 0.286. The monoisotopic (exact) mass is 506 g/mol. The molecule has 3 fully saturated rings. The Morgan fingerprint density at radius 3 is 2.58 bits per heavy atom. The van der Waals surface area contributed by atoms with Crippen molar-refractivity contribution < 1.29 is 30.3 Å². The van der Waals surface area contributed by atoms with E-state index in [9.17, 15) is 20.4 Å². The fourth-order valence-corrected chi connectivity index (χ4v) is 7.13. The van der Waals surface area contributed by atoms with Gasteiger partial charge in [-0.3, -0.25) is 0 Å². The highest BCUT2D eigenvalue weighted by Gasteiger charge is 2.50. The molecule has 0 aromatic heterocycles. The highest BCUT2D eigenvalue weighted by Crippen LogP contribution is 2.60. The molecule has 6 nitrogen and oxygen atoms in total. The lowest BCUT2D eigenvalue weighted by atomic mass is 9.60. The first-order valence-electron chi connectivity index (χ1n) is 14.0. The molecule has 0 unspecified atom stereocenters. The molecule has 0 bridgehead atoms. The Kier molecular flexibility index (Phi) is 10.0. The lowest BCUT2D eigenvalue weighted by molar-refractivity contribution is -0.0968. The van der Waals surface area contributed by atoms with E-state index in [4.69, 9.17) is 9.84 Å². The van der Waals surface area contributed by atoms with Crippen molar-refractivity contribution in [2.45, 2.75) is 115 Å². The van der Waals surface area contributed by atoms with Crippen LogP contribution in [0.2, 0.25) is 0 Å². The zero-order valence-corrected chi connectivity index (χ0v) is 22.8. The summed E-state index contributed by atoms with van der Waals surface area (Å²) >= 11 is 0. The molecule has 3 aliphatic rings. The number of aliphatic hydroxyl groups excluding tert-OH is 4. The summed E-state index contributed by atoms with van der Waals surface area (Å²) in [4.78, 5) is 0. The van der Waals surface area contributed by atoms with Gasteiger partial charge in [-0.25, -0.2) is 0 Å². The number of rotatable bonds is 10. The predicted molar refractivity (Wildman–Crippen MR) is 142 cm³/mol. The van der Waals surface area contributed by atoms with Crippen LogP contribution in [-0.2, 0) is 4.74 Å². The third kappa shape index (κ3) is 6.51. The zero-order valence-electron chi connectivity index (χ0n) is 22.8. The van der Waals surface area contributed by atoms with E-state index >= 15 is 0 Å². The fourth-order valence-electron chi connectivity index (χ4n) is 7.13. The minimum absolute atomic E-state index is 0.0150. The molecule has 0 aliphatic heterocycles. The Hall–Kier alpha value is -1.02. The molecule has 0 heterocycles. The zero-order chi connectivity index (χ0) is 26.7. The summed E-state index contributed by atoms with van der Waals surface area (Å²) in [6.45, 7) is 12.5. The van der Waals surface area contributed by atoms with Crippen molar-refractivity contribution >= 4 is 0 Å². The maximum atomic E-state index is 10.7. The second-order valence-electron chi connectivity index (χ2n) is 12.4. The van der Waals surface area contributed by atoms with Gasteiger partial charge in [0.1, 0.15) is 12.2 Å². The summed E-state index contributed by atoms with van der Waals surface area (Å²) < 4.78 is 5.63. The van der Waals surface area contributed by atoms with Crippen LogP contribution in [0.25, 0.3) is 0 Å². The third-order valence-corrected chi connectivity index (χ3v) is 9.44. The predicted octanol–water partition coefficient (Wildman–Crippen LogP) is 4.05. The van der Waals surface area contributed by atoms with Crippen LogP contribution < -0.4 is 0 Å². The van der Waals surface area contributed by atoms with Crippen LogP contribution in [-0.4, -0.2) is 68.8 Å². The first-order chi connectivity index (χ1) is 16.9. The van der Waals surface area contributed by atoms with Gasteiger partial charge in [0, 0.05) is 19.6 Å². The van der Waals surface area contributed by atoms with Crippen LogP contribution in [0.3, 0.4) is 0 Å². The van der Waals surface area contributed by atoms with E-state index in [1.165, 1.54) is 24.8 Å². The molecule has 0 aromatic carbocycles. The normalized spacial score (nSPS) is 37.4. The summed E-state index contributed by atoms with van der Waals surface area (Å²) in [5, 5.41) is 50.7.